The Morgan fingerprint density at radius 3 is 3.00 bits per heavy atom. The third-order valence-electron chi connectivity index (χ3n) is 2.95. The van der Waals surface area contributed by atoms with Crippen LogP contribution in [0.4, 0.5) is 0 Å². The van der Waals surface area contributed by atoms with E-state index >= 15 is 0 Å². The van der Waals surface area contributed by atoms with Gasteiger partial charge in [0.05, 0.1) is 24.8 Å². The highest BCUT2D eigenvalue weighted by Crippen LogP contribution is 2.21. The average Bonchev–Trinajstić information content (AvgIpc) is 2.84. The van der Waals surface area contributed by atoms with Crippen LogP contribution in [0.25, 0.3) is 0 Å². The molecule has 0 radical (unpaired) electrons. The fraction of sp³-hybridized carbons (Fsp3) is 0.357. The number of rotatable bonds is 4. The quantitative estimate of drug-likeness (QED) is 0.880. The number of aliphatic hydroxyl groups is 1. The first-order valence-electron chi connectivity index (χ1n) is 5.82. The second-order valence-electron chi connectivity index (χ2n) is 4.16. The number of nitriles is 1. The lowest BCUT2D eigenvalue weighted by Gasteiger charge is -2.09. The lowest BCUT2D eigenvalue weighted by Crippen LogP contribution is -2.04. The number of aryl methyl sites for hydroxylation is 1. The molecular weight excluding hydrogens is 230 g/mol. The van der Waals surface area contributed by atoms with Gasteiger partial charge in [0.2, 0.25) is 0 Å². The number of hydrogen-bond acceptors (Lipinski definition) is 4. The molecule has 1 N–H and O–H groups in total. The fourth-order valence-corrected chi connectivity index (χ4v) is 1.85. The molecule has 0 bridgehead atoms. The number of hydrogen-bond donors (Lipinski definition) is 1. The zero-order valence-electron chi connectivity index (χ0n) is 10.3. The van der Waals surface area contributed by atoms with Gasteiger partial charge in [0.15, 0.2) is 0 Å². The van der Waals surface area contributed by atoms with E-state index in [1.165, 1.54) is 0 Å². The van der Waals surface area contributed by atoms with Crippen molar-refractivity contribution in [2.24, 2.45) is 0 Å². The minimum atomic E-state index is 0.0189. The van der Waals surface area contributed by atoms with E-state index in [1.807, 2.05) is 13.0 Å². The van der Waals surface area contributed by atoms with Crippen LogP contribution in [0.2, 0.25) is 0 Å². The van der Waals surface area contributed by atoms with Crippen LogP contribution in [0.1, 0.15) is 17.5 Å². The maximum absolute atomic E-state index is 9.12. The molecule has 0 amide bonds. The van der Waals surface area contributed by atoms with Crippen LogP contribution in [0.3, 0.4) is 0 Å². The Labute approximate surface area is 106 Å². The third-order valence-corrected chi connectivity index (χ3v) is 2.95. The predicted molar refractivity (Wildman–Crippen MR) is 66.1 cm³/mol. The standard InChI is InChI=1S/C14H15NO3/c1-10-6-13(3-2-11(10)7-15)18-9-14-12(8-16)4-5-17-14/h2-3,6,16H,4-5,8-9H2,1H3. The van der Waals surface area contributed by atoms with Gasteiger partial charge in [-0.2, -0.15) is 5.26 Å². The summed E-state index contributed by atoms with van der Waals surface area (Å²) in [6.45, 7) is 2.82. The molecule has 0 unspecified atom stereocenters. The smallest absolute Gasteiger partial charge is 0.145 e. The van der Waals surface area contributed by atoms with Crippen molar-refractivity contribution in [1.82, 2.24) is 0 Å². The molecule has 0 saturated heterocycles. The van der Waals surface area contributed by atoms with E-state index in [4.69, 9.17) is 19.8 Å². The second-order valence-corrected chi connectivity index (χ2v) is 4.16. The number of benzene rings is 1. The van der Waals surface area contributed by atoms with Crippen molar-refractivity contribution in [3.05, 3.63) is 40.7 Å². The Hall–Kier alpha value is -1.99. The summed E-state index contributed by atoms with van der Waals surface area (Å²) in [7, 11) is 0. The Bertz CT molecular complexity index is 514. The molecule has 1 heterocycles. The normalized spacial score (nSPS) is 14.3. The average molecular weight is 245 g/mol. The molecule has 1 aromatic carbocycles. The van der Waals surface area contributed by atoms with E-state index in [9.17, 15) is 0 Å². The van der Waals surface area contributed by atoms with Gasteiger partial charge in [-0.3, -0.25) is 0 Å². The fourth-order valence-electron chi connectivity index (χ4n) is 1.85. The number of aliphatic hydroxyl groups excluding tert-OH is 1. The molecule has 1 aliphatic heterocycles. The molecule has 4 heteroatoms. The molecule has 1 aliphatic rings. The summed E-state index contributed by atoms with van der Waals surface area (Å²) >= 11 is 0. The molecule has 0 spiro atoms. The van der Waals surface area contributed by atoms with E-state index in [-0.39, 0.29) is 6.61 Å². The van der Waals surface area contributed by atoms with E-state index in [2.05, 4.69) is 6.07 Å². The largest absolute Gasteiger partial charge is 0.494 e. The van der Waals surface area contributed by atoms with Crippen LogP contribution in [-0.2, 0) is 4.74 Å². The summed E-state index contributed by atoms with van der Waals surface area (Å²) in [5, 5.41) is 17.9. The third kappa shape index (κ3) is 2.63. The number of nitrogens with zero attached hydrogens (tertiary/aromatic N) is 1. The highest BCUT2D eigenvalue weighted by atomic mass is 16.5. The van der Waals surface area contributed by atoms with Crippen LogP contribution >= 0.6 is 0 Å². The molecule has 94 valence electrons. The molecule has 18 heavy (non-hydrogen) atoms. The van der Waals surface area contributed by atoms with E-state index in [0.29, 0.717) is 24.5 Å². The molecule has 0 aliphatic carbocycles. The maximum atomic E-state index is 9.12. The lowest BCUT2D eigenvalue weighted by atomic mass is 10.1. The molecule has 2 rings (SSSR count). The Morgan fingerprint density at radius 1 is 1.50 bits per heavy atom. The molecule has 0 atom stereocenters. The van der Waals surface area contributed by atoms with E-state index in [1.54, 1.807) is 12.1 Å². The Morgan fingerprint density at radius 2 is 2.33 bits per heavy atom. The van der Waals surface area contributed by atoms with Gasteiger partial charge in [0.1, 0.15) is 18.1 Å². The monoisotopic (exact) mass is 245 g/mol. The van der Waals surface area contributed by atoms with Crippen LogP contribution in [0, 0.1) is 18.3 Å². The van der Waals surface area contributed by atoms with Crippen molar-refractivity contribution in [2.75, 3.05) is 19.8 Å². The van der Waals surface area contributed by atoms with E-state index in [0.717, 1.165) is 23.3 Å². The highest BCUT2D eigenvalue weighted by Gasteiger charge is 2.15. The first kappa shape index (κ1) is 12.5. The van der Waals surface area contributed by atoms with Gasteiger partial charge in [-0.15, -0.1) is 0 Å². The first-order valence-corrected chi connectivity index (χ1v) is 5.82. The van der Waals surface area contributed by atoms with Gasteiger partial charge in [0, 0.05) is 6.42 Å². The zero-order valence-corrected chi connectivity index (χ0v) is 10.3. The molecule has 1 aromatic rings. The van der Waals surface area contributed by atoms with Crippen molar-refractivity contribution < 1.29 is 14.6 Å². The second kappa shape index (κ2) is 5.56. The molecular formula is C14H15NO3. The minimum absolute atomic E-state index is 0.0189. The first-order chi connectivity index (χ1) is 8.74. The molecule has 0 saturated carbocycles. The minimum Gasteiger partial charge on any atom is -0.494 e. The lowest BCUT2D eigenvalue weighted by molar-refractivity contribution is 0.193. The summed E-state index contributed by atoms with van der Waals surface area (Å²) < 4.78 is 11.0. The van der Waals surface area contributed by atoms with E-state index < -0.39 is 0 Å². The number of ether oxygens (including phenoxy) is 2. The predicted octanol–water partition coefficient (Wildman–Crippen LogP) is 1.91. The highest BCUT2D eigenvalue weighted by molar-refractivity contribution is 5.41. The van der Waals surface area contributed by atoms with Crippen molar-refractivity contribution >= 4 is 0 Å². The van der Waals surface area contributed by atoms with Crippen molar-refractivity contribution in [3.63, 3.8) is 0 Å². The van der Waals surface area contributed by atoms with Crippen molar-refractivity contribution in [2.45, 2.75) is 13.3 Å². The van der Waals surface area contributed by atoms with Crippen LogP contribution in [-0.4, -0.2) is 24.9 Å². The Balaban J connectivity index is 2.03. The molecule has 0 aromatic heterocycles. The summed E-state index contributed by atoms with van der Waals surface area (Å²) in [5.74, 6) is 1.42. The van der Waals surface area contributed by atoms with Crippen LogP contribution in [0.15, 0.2) is 29.5 Å². The van der Waals surface area contributed by atoms with Crippen LogP contribution in [0.5, 0.6) is 5.75 Å². The van der Waals surface area contributed by atoms with Gasteiger partial charge in [-0.05, 0) is 36.3 Å². The van der Waals surface area contributed by atoms with Gasteiger partial charge < -0.3 is 14.6 Å². The maximum Gasteiger partial charge on any atom is 0.145 e. The Kier molecular flexibility index (Phi) is 3.85. The SMILES string of the molecule is Cc1cc(OCC2=C(CO)CCO2)ccc1C#N. The van der Waals surface area contributed by atoms with Crippen molar-refractivity contribution in [1.29, 1.82) is 5.26 Å². The van der Waals surface area contributed by atoms with Gasteiger partial charge in [-0.1, -0.05) is 0 Å². The summed E-state index contributed by atoms with van der Waals surface area (Å²) in [5.41, 5.74) is 2.44. The van der Waals surface area contributed by atoms with Gasteiger partial charge in [0.25, 0.3) is 0 Å². The van der Waals surface area contributed by atoms with Crippen molar-refractivity contribution in [3.8, 4) is 11.8 Å². The van der Waals surface area contributed by atoms with Crippen LogP contribution < -0.4 is 4.74 Å². The summed E-state index contributed by atoms with van der Waals surface area (Å²) in [6.07, 6.45) is 0.765. The summed E-state index contributed by atoms with van der Waals surface area (Å²) in [4.78, 5) is 0. The molecule has 0 fully saturated rings. The zero-order chi connectivity index (χ0) is 13.0. The van der Waals surface area contributed by atoms with Gasteiger partial charge in [-0.25, -0.2) is 0 Å². The topological polar surface area (TPSA) is 62.5 Å². The van der Waals surface area contributed by atoms with Gasteiger partial charge >= 0.3 is 0 Å². The summed E-state index contributed by atoms with van der Waals surface area (Å²) in [6, 6.07) is 7.44. The molecule has 4 nitrogen and oxygen atoms in total.